The Kier molecular flexibility index (Phi) is 7.32. The molecule has 1 aromatic carbocycles. The van der Waals surface area contributed by atoms with Crippen molar-refractivity contribution < 1.29 is 9.13 Å². The van der Waals surface area contributed by atoms with Crippen LogP contribution in [0, 0.1) is 5.82 Å². The molecule has 0 bridgehead atoms. The maximum atomic E-state index is 14.6. The predicted octanol–water partition coefficient (Wildman–Crippen LogP) is 4.49. The highest BCUT2D eigenvalue weighted by molar-refractivity contribution is 5.80. The van der Waals surface area contributed by atoms with Gasteiger partial charge in [0.2, 0.25) is 0 Å². The van der Waals surface area contributed by atoms with Crippen molar-refractivity contribution in [2.75, 3.05) is 49.4 Å². The van der Waals surface area contributed by atoms with Crippen LogP contribution in [0.25, 0.3) is 22.5 Å². The van der Waals surface area contributed by atoms with Gasteiger partial charge in [-0.25, -0.2) is 24.3 Å². The van der Waals surface area contributed by atoms with E-state index < -0.39 is 5.82 Å². The summed E-state index contributed by atoms with van der Waals surface area (Å²) in [7, 11) is 5.42. The lowest BCUT2D eigenvalue weighted by Crippen LogP contribution is -2.43. The van der Waals surface area contributed by atoms with E-state index in [-0.39, 0.29) is 17.4 Å². The molecular weight excluding hydrogens is 483 g/mol. The minimum absolute atomic E-state index is 0.107. The van der Waals surface area contributed by atoms with Gasteiger partial charge in [0.1, 0.15) is 29.0 Å². The number of nitrogens with zero attached hydrogens (tertiary/aromatic N) is 6. The number of piperidine rings is 1. The lowest BCUT2D eigenvalue weighted by atomic mass is 10.0. The summed E-state index contributed by atoms with van der Waals surface area (Å²) in [5.74, 6) is 2.09. The fourth-order valence-electron chi connectivity index (χ4n) is 4.61. The molecule has 38 heavy (non-hydrogen) atoms. The van der Waals surface area contributed by atoms with E-state index in [1.54, 1.807) is 24.4 Å². The van der Waals surface area contributed by atoms with E-state index in [4.69, 9.17) is 10.5 Å². The van der Waals surface area contributed by atoms with Crippen molar-refractivity contribution in [3.8, 4) is 28.3 Å². The molecule has 5 rings (SSSR count). The summed E-state index contributed by atoms with van der Waals surface area (Å²) < 4.78 is 20.0. The average molecular weight is 515 g/mol. The van der Waals surface area contributed by atoms with E-state index in [9.17, 15) is 4.39 Å². The van der Waals surface area contributed by atoms with Crippen molar-refractivity contribution in [2.45, 2.75) is 18.9 Å². The average Bonchev–Trinajstić information content (AvgIpc) is 2.93. The molecule has 0 amide bonds. The molecule has 3 aromatic heterocycles. The molecular formula is C28H31FN8O. The molecule has 4 heterocycles. The third kappa shape index (κ3) is 5.35. The van der Waals surface area contributed by atoms with Crippen LogP contribution in [-0.4, -0.2) is 60.3 Å². The molecule has 1 aliphatic rings. The Bertz CT molecular complexity index is 1410. The molecule has 0 saturated carbocycles. The second kappa shape index (κ2) is 11.0. The van der Waals surface area contributed by atoms with Crippen molar-refractivity contribution in [1.29, 1.82) is 0 Å². The molecule has 4 aromatic rings. The van der Waals surface area contributed by atoms with Crippen molar-refractivity contribution >= 4 is 23.1 Å². The number of hydrogen-bond donors (Lipinski definition) is 2. The molecule has 10 heteroatoms. The fourth-order valence-corrected chi connectivity index (χ4v) is 4.61. The summed E-state index contributed by atoms with van der Waals surface area (Å²) in [4.78, 5) is 22.3. The fraction of sp³-hybridized carbons (Fsp3) is 0.286. The Labute approximate surface area is 221 Å². The predicted molar refractivity (Wildman–Crippen MR) is 148 cm³/mol. The molecule has 1 fully saturated rings. The monoisotopic (exact) mass is 514 g/mol. The van der Waals surface area contributed by atoms with Gasteiger partial charge in [-0.05, 0) is 43.2 Å². The van der Waals surface area contributed by atoms with Crippen molar-refractivity contribution in [3.05, 3.63) is 66.9 Å². The first-order valence-electron chi connectivity index (χ1n) is 12.5. The smallest absolute Gasteiger partial charge is 0.168 e. The molecule has 0 spiro atoms. The number of benzene rings is 1. The second-order valence-corrected chi connectivity index (χ2v) is 9.44. The largest absolute Gasteiger partial charge is 0.496 e. The van der Waals surface area contributed by atoms with E-state index in [0.29, 0.717) is 17.4 Å². The summed E-state index contributed by atoms with van der Waals surface area (Å²) in [6.45, 7) is 1.66. The number of rotatable bonds is 7. The van der Waals surface area contributed by atoms with Gasteiger partial charge in [-0.15, -0.1) is 0 Å². The van der Waals surface area contributed by atoms with Crippen LogP contribution < -0.4 is 25.6 Å². The first-order chi connectivity index (χ1) is 18.4. The van der Waals surface area contributed by atoms with Gasteiger partial charge < -0.3 is 25.6 Å². The van der Waals surface area contributed by atoms with Crippen LogP contribution in [0.1, 0.15) is 12.8 Å². The van der Waals surface area contributed by atoms with Gasteiger partial charge in [0.15, 0.2) is 5.82 Å². The lowest BCUT2D eigenvalue weighted by Gasteiger charge is -2.34. The highest BCUT2D eigenvalue weighted by atomic mass is 19.1. The zero-order valence-electron chi connectivity index (χ0n) is 21.7. The molecule has 3 N–H and O–H groups in total. The number of nitrogens with one attached hydrogen (secondary N) is 1. The first kappa shape index (κ1) is 25.3. The molecule has 9 nitrogen and oxygen atoms in total. The van der Waals surface area contributed by atoms with Crippen LogP contribution in [0.5, 0.6) is 5.75 Å². The molecule has 196 valence electrons. The summed E-state index contributed by atoms with van der Waals surface area (Å²) in [6, 6.07) is 12.5. The Morgan fingerprint density at radius 3 is 2.68 bits per heavy atom. The number of hydrogen-bond acceptors (Lipinski definition) is 9. The van der Waals surface area contributed by atoms with E-state index in [0.717, 1.165) is 48.6 Å². The SMILES string of the molecule is COc1cccc(F)c1-c1nccc(Nc2cc(N3CCC[C@H](N)C3)c(-c3ccc(N(C)C)nc3)cn2)n1. The number of methoxy groups -OCH3 is 1. The van der Waals surface area contributed by atoms with Gasteiger partial charge in [-0.2, -0.15) is 0 Å². The highest BCUT2D eigenvalue weighted by Crippen LogP contribution is 2.35. The van der Waals surface area contributed by atoms with Gasteiger partial charge in [0, 0.05) is 74.7 Å². The van der Waals surface area contributed by atoms with E-state index in [2.05, 4.69) is 36.2 Å². The van der Waals surface area contributed by atoms with Crippen LogP contribution in [0.15, 0.2) is 61.1 Å². The van der Waals surface area contributed by atoms with E-state index in [1.807, 2.05) is 43.5 Å². The Morgan fingerprint density at radius 2 is 1.95 bits per heavy atom. The van der Waals surface area contributed by atoms with Gasteiger partial charge in [-0.3, -0.25) is 0 Å². The molecule has 1 saturated heterocycles. The highest BCUT2D eigenvalue weighted by Gasteiger charge is 2.21. The van der Waals surface area contributed by atoms with Gasteiger partial charge in [0.05, 0.1) is 12.7 Å². The zero-order valence-corrected chi connectivity index (χ0v) is 21.7. The summed E-state index contributed by atoms with van der Waals surface area (Å²) >= 11 is 0. The number of aromatic nitrogens is 4. The minimum Gasteiger partial charge on any atom is -0.496 e. The molecule has 0 unspecified atom stereocenters. The Morgan fingerprint density at radius 1 is 1.08 bits per heavy atom. The number of halogens is 1. The van der Waals surface area contributed by atoms with Crippen molar-refractivity contribution in [2.24, 2.45) is 5.73 Å². The normalized spacial score (nSPS) is 15.3. The Balaban J connectivity index is 1.50. The van der Waals surface area contributed by atoms with Gasteiger partial charge in [0.25, 0.3) is 0 Å². The van der Waals surface area contributed by atoms with Crippen molar-refractivity contribution in [3.63, 3.8) is 0 Å². The third-order valence-corrected chi connectivity index (χ3v) is 6.53. The van der Waals surface area contributed by atoms with Crippen LogP contribution in [0.4, 0.5) is 27.5 Å². The molecule has 1 aliphatic heterocycles. The maximum absolute atomic E-state index is 14.6. The van der Waals surface area contributed by atoms with Crippen LogP contribution in [0.2, 0.25) is 0 Å². The first-order valence-corrected chi connectivity index (χ1v) is 12.5. The standard InChI is InChI=1S/C28H31FN8O/c1-36(2)26-10-9-18(15-33-26)20-16-32-25(14-22(20)37-13-5-6-19(30)17-37)34-24-11-12-31-28(35-24)27-21(29)7-4-8-23(27)38-3/h4,7-12,14-16,19H,5-6,13,17,30H2,1-3H3,(H,31,32,34,35)/t19-/m0/s1. The van der Waals surface area contributed by atoms with E-state index in [1.165, 1.54) is 13.2 Å². The molecule has 0 radical (unpaired) electrons. The van der Waals surface area contributed by atoms with Gasteiger partial charge >= 0.3 is 0 Å². The van der Waals surface area contributed by atoms with Crippen LogP contribution in [-0.2, 0) is 0 Å². The molecule has 0 aliphatic carbocycles. The summed E-state index contributed by atoms with van der Waals surface area (Å²) in [5, 5.41) is 3.26. The molecule has 1 atom stereocenters. The summed E-state index contributed by atoms with van der Waals surface area (Å²) in [6.07, 6.45) is 7.30. The van der Waals surface area contributed by atoms with Gasteiger partial charge in [-0.1, -0.05) is 6.07 Å². The second-order valence-electron chi connectivity index (χ2n) is 9.44. The number of anilines is 4. The topological polar surface area (TPSA) is 105 Å². The number of nitrogens with two attached hydrogens (primary N) is 1. The maximum Gasteiger partial charge on any atom is 0.168 e. The van der Waals surface area contributed by atoms with Crippen LogP contribution in [0.3, 0.4) is 0 Å². The zero-order chi connectivity index (χ0) is 26.6. The van der Waals surface area contributed by atoms with Crippen molar-refractivity contribution in [1.82, 2.24) is 19.9 Å². The summed E-state index contributed by atoms with van der Waals surface area (Å²) in [5.41, 5.74) is 9.49. The minimum atomic E-state index is -0.457. The quantitative estimate of drug-likeness (QED) is 0.369. The number of pyridine rings is 2. The van der Waals surface area contributed by atoms with E-state index >= 15 is 0 Å². The third-order valence-electron chi connectivity index (χ3n) is 6.53. The van der Waals surface area contributed by atoms with Crippen LogP contribution >= 0.6 is 0 Å². The number of ether oxygens (including phenoxy) is 1. The Hall–Kier alpha value is -4.31. The lowest BCUT2D eigenvalue weighted by molar-refractivity contribution is 0.413.